The summed E-state index contributed by atoms with van der Waals surface area (Å²) in [7, 11) is 0. The summed E-state index contributed by atoms with van der Waals surface area (Å²) in [5.74, 6) is 0.0227. The fourth-order valence-electron chi connectivity index (χ4n) is 1.49. The van der Waals surface area contributed by atoms with Crippen molar-refractivity contribution in [3.05, 3.63) is 36.5 Å². The van der Waals surface area contributed by atoms with E-state index in [1.807, 2.05) is 25.2 Å². The molecule has 78 valence electrons. The largest absolute Gasteiger partial charge is 0.392 e. The molecule has 0 aromatic carbocycles. The zero-order valence-electron chi connectivity index (χ0n) is 8.50. The Morgan fingerprint density at radius 2 is 1.86 bits per heavy atom. The van der Waals surface area contributed by atoms with Gasteiger partial charge < -0.3 is 10.2 Å². The van der Waals surface area contributed by atoms with Crippen LogP contribution in [0.15, 0.2) is 36.5 Å². The van der Waals surface area contributed by atoms with E-state index in [4.69, 9.17) is 0 Å². The molecule has 0 saturated carbocycles. The van der Waals surface area contributed by atoms with Gasteiger partial charge in [-0.25, -0.2) is 0 Å². The van der Waals surface area contributed by atoms with Crippen molar-refractivity contribution in [3.8, 4) is 0 Å². The summed E-state index contributed by atoms with van der Waals surface area (Å²) in [4.78, 5) is 0. The fourth-order valence-corrected chi connectivity index (χ4v) is 1.49. The van der Waals surface area contributed by atoms with Crippen molar-refractivity contribution in [2.24, 2.45) is 5.92 Å². The summed E-state index contributed by atoms with van der Waals surface area (Å²) < 4.78 is 0. The normalized spacial score (nSPS) is 35.4. The number of aliphatic hydroxyl groups excluding tert-OH is 2. The van der Waals surface area contributed by atoms with Gasteiger partial charge >= 0.3 is 0 Å². The van der Waals surface area contributed by atoms with E-state index in [9.17, 15) is 10.2 Å². The van der Waals surface area contributed by atoms with E-state index in [1.54, 1.807) is 18.2 Å². The van der Waals surface area contributed by atoms with Crippen LogP contribution in [0.5, 0.6) is 0 Å². The molecule has 1 aliphatic rings. The van der Waals surface area contributed by atoms with Gasteiger partial charge in [-0.1, -0.05) is 49.8 Å². The lowest BCUT2D eigenvalue weighted by atomic mass is 9.96. The average Bonchev–Trinajstić information content (AvgIpc) is 2.12. The summed E-state index contributed by atoms with van der Waals surface area (Å²) in [5.41, 5.74) is 0. The lowest BCUT2D eigenvalue weighted by Crippen LogP contribution is -2.17. The molecule has 2 heteroatoms. The van der Waals surface area contributed by atoms with E-state index in [2.05, 4.69) is 0 Å². The van der Waals surface area contributed by atoms with E-state index < -0.39 is 6.10 Å². The number of hydrogen-bond acceptors (Lipinski definition) is 2. The van der Waals surface area contributed by atoms with E-state index in [1.165, 1.54) is 0 Å². The van der Waals surface area contributed by atoms with Crippen molar-refractivity contribution >= 4 is 0 Å². The summed E-state index contributed by atoms with van der Waals surface area (Å²) in [6.07, 6.45) is 11.8. The minimum absolute atomic E-state index is 0.0227. The molecule has 1 aliphatic carbocycles. The highest BCUT2D eigenvalue weighted by Crippen LogP contribution is 2.15. The van der Waals surface area contributed by atoms with E-state index in [-0.39, 0.29) is 12.0 Å². The first-order valence-electron chi connectivity index (χ1n) is 5.13. The van der Waals surface area contributed by atoms with Gasteiger partial charge in [-0.3, -0.25) is 0 Å². The van der Waals surface area contributed by atoms with Gasteiger partial charge in [-0.15, -0.1) is 0 Å². The van der Waals surface area contributed by atoms with Gasteiger partial charge in [-0.2, -0.15) is 0 Å². The number of hydrogen-bond donors (Lipinski definition) is 2. The number of rotatable bonds is 3. The SMILES string of the molecule is CCCC(O)[C@H]1/C=C\C=C/[C@@H](O)/C=C\1. The molecule has 0 saturated heterocycles. The summed E-state index contributed by atoms with van der Waals surface area (Å²) in [6, 6.07) is 0. The minimum atomic E-state index is -0.531. The fraction of sp³-hybridized carbons (Fsp3) is 0.500. The Balaban J connectivity index is 2.64. The third kappa shape index (κ3) is 3.48. The minimum Gasteiger partial charge on any atom is -0.392 e. The van der Waals surface area contributed by atoms with E-state index >= 15 is 0 Å². The van der Waals surface area contributed by atoms with Crippen molar-refractivity contribution in [2.75, 3.05) is 0 Å². The van der Waals surface area contributed by atoms with Gasteiger partial charge in [0.2, 0.25) is 0 Å². The second-order valence-electron chi connectivity index (χ2n) is 3.58. The maximum atomic E-state index is 9.77. The highest BCUT2D eigenvalue weighted by atomic mass is 16.3. The molecule has 0 heterocycles. The van der Waals surface area contributed by atoms with Crippen LogP contribution < -0.4 is 0 Å². The lowest BCUT2D eigenvalue weighted by Gasteiger charge is -2.16. The van der Waals surface area contributed by atoms with Crippen molar-refractivity contribution in [3.63, 3.8) is 0 Å². The second-order valence-corrected chi connectivity index (χ2v) is 3.58. The van der Waals surface area contributed by atoms with E-state index in [0.717, 1.165) is 12.8 Å². The molecule has 0 radical (unpaired) electrons. The van der Waals surface area contributed by atoms with Gasteiger partial charge in [0.15, 0.2) is 0 Å². The molecule has 2 nitrogen and oxygen atoms in total. The summed E-state index contributed by atoms with van der Waals surface area (Å²) in [5, 5.41) is 19.1. The zero-order chi connectivity index (χ0) is 10.4. The van der Waals surface area contributed by atoms with Crippen LogP contribution in [-0.4, -0.2) is 22.4 Å². The molecule has 14 heavy (non-hydrogen) atoms. The Labute approximate surface area is 85.3 Å². The Bertz CT molecular complexity index is 241. The van der Waals surface area contributed by atoms with Crippen LogP contribution in [0.3, 0.4) is 0 Å². The predicted molar refractivity (Wildman–Crippen MR) is 57.8 cm³/mol. The first kappa shape index (κ1) is 11.2. The van der Waals surface area contributed by atoms with Crippen LogP contribution in [0.4, 0.5) is 0 Å². The van der Waals surface area contributed by atoms with Gasteiger partial charge in [-0.05, 0) is 6.42 Å². The molecule has 0 aliphatic heterocycles. The highest BCUT2D eigenvalue weighted by molar-refractivity contribution is 5.17. The van der Waals surface area contributed by atoms with Crippen LogP contribution >= 0.6 is 0 Å². The van der Waals surface area contributed by atoms with Crippen LogP contribution in [0.2, 0.25) is 0 Å². The molecule has 0 amide bonds. The number of allylic oxidation sites excluding steroid dienone is 2. The van der Waals surface area contributed by atoms with Crippen LogP contribution in [0.25, 0.3) is 0 Å². The quantitative estimate of drug-likeness (QED) is 0.673. The maximum Gasteiger partial charge on any atom is 0.0905 e. The van der Waals surface area contributed by atoms with Crippen LogP contribution in [0.1, 0.15) is 19.8 Å². The zero-order valence-corrected chi connectivity index (χ0v) is 8.50. The monoisotopic (exact) mass is 194 g/mol. The summed E-state index contributed by atoms with van der Waals surface area (Å²) in [6.45, 7) is 2.05. The first-order valence-corrected chi connectivity index (χ1v) is 5.13. The predicted octanol–water partition coefficient (Wildman–Crippen LogP) is 1.81. The van der Waals surface area contributed by atoms with Gasteiger partial charge in [0.1, 0.15) is 0 Å². The smallest absolute Gasteiger partial charge is 0.0905 e. The Hall–Kier alpha value is -0.860. The standard InChI is InChI=1S/C12H18O2/c1-2-5-12(14)10-6-3-4-7-11(13)9-8-10/h3-4,6-14H,2,5H2,1H3/b6-3-,7-4-,9-8-/t10-,11+,12?/m0/s1. The third-order valence-corrected chi connectivity index (χ3v) is 2.31. The molecule has 3 atom stereocenters. The first-order chi connectivity index (χ1) is 6.74. The molecule has 1 unspecified atom stereocenters. The molecule has 0 spiro atoms. The van der Waals surface area contributed by atoms with E-state index in [0.29, 0.717) is 0 Å². The molecule has 0 aromatic rings. The van der Waals surface area contributed by atoms with Crippen molar-refractivity contribution in [1.29, 1.82) is 0 Å². The average molecular weight is 194 g/mol. The van der Waals surface area contributed by atoms with Gasteiger partial charge in [0.05, 0.1) is 12.2 Å². The molecule has 1 rings (SSSR count). The van der Waals surface area contributed by atoms with Crippen molar-refractivity contribution in [2.45, 2.75) is 32.0 Å². The molecular formula is C12H18O2. The van der Waals surface area contributed by atoms with Gasteiger partial charge in [0.25, 0.3) is 0 Å². The van der Waals surface area contributed by atoms with Crippen molar-refractivity contribution < 1.29 is 10.2 Å². The topological polar surface area (TPSA) is 40.5 Å². The third-order valence-electron chi connectivity index (χ3n) is 2.31. The maximum absolute atomic E-state index is 9.77. The molecule has 2 N–H and O–H groups in total. The molecule has 0 aromatic heterocycles. The molecule has 0 bridgehead atoms. The number of aliphatic hydroxyl groups is 2. The summed E-state index contributed by atoms with van der Waals surface area (Å²) >= 11 is 0. The van der Waals surface area contributed by atoms with Crippen LogP contribution in [0, 0.1) is 5.92 Å². The highest BCUT2D eigenvalue weighted by Gasteiger charge is 2.12. The Morgan fingerprint density at radius 1 is 1.14 bits per heavy atom. The lowest BCUT2D eigenvalue weighted by molar-refractivity contribution is 0.137. The Morgan fingerprint density at radius 3 is 2.57 bits per heavy atom. The Kier molecular flexibility index (Phi) is 4.63. The van der Waals surface area contributed by atoms with Crippen molar-refractivity contribution in [1.82, 2.24) is 0 Å². The second kappa shape index (κ2) is 5.78. The van der Waals surface area contributed by atoms with Crippen LogP contribution in [-0.2, 0) is 0 Å². The molecular weight excluding hydrogens is 176 g/mol. The van der Waals surface area contributed by atoms with Gasteiger partial charge in [0, 0.05) is 5.92 Å². The molecule has 0 fully saturated rings.